The van der Waals surface area contributed by atoms with Crippen LogP contribution in [0.4, 0.5) is 0 Å². The molecule has 5 heteroatoms. The molecule has 1 aromatic heterocycles. The van der Waals surface area contributed by atoms with E-state index in [-0.39, 0.29) is 23.7 Å². The van der Waals surface area contributed by atoms with Crippen LogP contribution in [0.5, 0.6) is 0 Å². The molecule has 168 valence electrons. The molecule has 1 atom stereocenters. The van der Waals surface area contributed by atoms with Crippen LogP contribution in [0.25, 0.3) is 10.9 Å². The Bertz CT molecular complexity index is 1140. The quantitative estimate of drug-likeness (QED) is 0.598. The average molecular weight is 432 g/mol. The highest BCUT2D eigenvalue weighted by atomic mass is 16.2. The summed E-state index contributed by atoms with van der Waals surface area (Å²) in [6.07, 6.45) is 4.76. The van der Waals surface area contributed by atoms with Gasteiger partial charge in [-0.1, -0.05) is 48.9 Å². The van der Waals surface area contributed by atoms with E-state index in [0.29, 0.717) is 32.4 Å². The van der Waals surface area contributed by atoms with Crippen LogP contribution in [0.1, 0.15) is 59.9 Å². The smallest absolute Gasteiger partial charge is 0.223 e. The second-order valence-electron chi connectivity index (χ2n) is 9.11. The molecule has 1 unspecified atom stereocenters. The van der Waals surface area contributed by atoms with Gasteiger partial charge in [-0.2, -0.15) is 0 Å². The Morgan fingerprint density at radius 1 is 1.12 bits per heavy atom. The Morgan fingerprint density at radius 3 is 2.53 bits per heavy atom. The van der Waals surface area contributed by atoms with Crippen molar-refractivity contribution in [2.24, 2.45) is 11.7 Å². The molecule has 3 aromatic rings. The largest absolute Gasteiger partial charge is 0.369 e. The van der Waals surface area contributed by atoms with E-state index in [9.17, 15) is 9.59 Å². The highest BCUT2D eigenvalue weighted by Gasteiger charge is 2.29. The Hall–Kier alpha value is -3.08. The fourth-order valence-electron chi connectivity index (χ4n) is 5.14. The summed E-state index contributed by atoms with van der Waals surface area (Å²) in [4.78, 5) is 30.3. The van der Waals surface area contributed by atoms with E-state index in [1.54, 1.807) is 0 Å². The van der Waals surface area contributed by atoms with Gasteiger partial charge in [-0.15, -0.1) is 0 Å². The van der Waals surface area contributed by atoms with Crippen molar-refractivity contribution in [1.82, 2.24) is 9.88 Å². The number of nitrogens with two attached hydrogens (primary N) is 1. The van der Waals surface area contributed by atoms with Crippen molar-refractivity contribution in [2.75, 3.05) is 13.1 Å². The number of carbonyl (C=O) groups excluding carboxylic acids is 2. The van der Waals surface area contributed by atoms with Crippen LogP contribution in [0.15, 0.2) is 42.6 Å². The number of carbonyl (C=O) groups is 2. The van der Waals surface area contributed by atoms with Crippen molar-refractivity contribution in [2.45, 2.75) is 52.4 Å². The van der Waals surface area contributed by atoms with Crippen LogP contribution in [-0.2, 0) is 16.0 Å². The third-order valence-corrected chi connectivity index (χ3v) is 7.02. The van der Waals surface area contributed by atoms with E-state index in [4.69, 9.17) is 5.73 Å². The molecule has 32 heavy (non-hydrogen) atoms. The molecular formula is C27H33N3O2. The number of nitrogens with zero attached hydrogens (tertiary/aromatic N) is 1. The minimum Gasteiger partial charge on any atom is -0.369 e. The molecule has 1 aliphatic heterocycles. The number of rotatable bonds is 6. The monoisotopic (exact) mass is 431 g/mol. The van der Waals surface area contributed by atoms with Gasteiger partial charge in [0.05, 0.1) is 0 Å². The summed E-state index contributed by atoms with van der Waals surface area (Å²) in [5.74, 6) is -0.261. The molecule has 3 N–H and O–H groups in total. The number of primary amides is 1. The number of aromatic amines is 1. The zero-order chi connectivity index (χ0) is 22.8. The van der Waals surface area contributed by atoms with Crippen molar-refractivity contribution in [3.05, 3.63) is 70.4 Å². The lowest BCUT2D eigenvalue weighted by Crippen LogP contribution is -2.42. The van der Waals surface area contributed by atoms with Crippen LogP contribution in [0, 0.1) is 19.8 Å². The zero-order valence-electron chi connectivity index (χ0n) is 19.3. The summed E-state index contributed by atoms with van der Waals surface area (Å²) >= 11 is 0. The number of aromatic nitrogens is 1. The highest BCUT2D eigenvalue weighted by molar-refractivity contribution is 5.88. The number of hydrogen-bond acceptors (Lipinski definition) is 2. The van der Waals surface area contributed by atoms with Gasteiger partial charge in [0.2, 0.25) is 11.8 Å². The van der Waals surface area contributed by atoms with Gasteiger partial charge in [0.15, 0.2) is 0 Å². The molecule has 0 spiro atoms. The number of H-pyrrole nitrogens is 1. The number of hydrogen-bond donors (Lipinski definition) is 2. The van der Waals surface area contributed by atoms with Crippen LogP contribution < -0.4 is 5.73 Å². The number of amides is 2. The molecule has 0 saturated carbocycles. The molecule has 4 rings (SSSR count). The highest BCUT2D eigenvalue weighted by Crippen LogP contribution is 2.37. The van der Waals surface area contributed by atoms with Crippen molar-refractivity contribution in [3.63, 3.8) is 0 Å². The first-order chi connectivity index (χ1) is 15.4. The van der Waals surface area contributed by atoms with Gasteiger partial charge in [0.25, 0.3) is 0 Å². The van der Waals surface area contributed by atoms with Crippen LogP contribution in [-0.4, -0.2) is 34.8 Å². The van der Waals surface area contributed by atoms with E-state index < -0.39 is 0 Å². The van der Waals surface area contributed by atoms with Crippen LogP contribution in [0.3, 0.4) is 0 Å². The van der Waals surface area contributed by atoms with Gasteiger partial charge in [-0.05, 0) is 55.4 Å². The van der Waals surface area contributed by atoms with E-state index in [0.717, 1.165) is 11.9 Å². The Balaban J connectivity index is 1.68. The molecule has 2 heterocycles. The summed E-state index contributed by atoms with van der Waals surface area (Å²) in [5, 5.41) is 1.19. The van der Waals surface area contributed by atoms with Crippen molar-refractivity contribution in [1.29, 1.82) is 0 Å². The third kappa shape index (κ3) is 4.29. The Labute approximate surface area is 190 Å². The minimum absolute atomic E-state index is 0.0298. The fourth-order valence-corrected chi connectivity index (χ4v) is 5.14. The van der Waals surface area contributed by atoms with Crippen molar-refractivity contribution >= 4 is 22.7 Å². The molecule has 0 aliphatic carbocycles. The summed E-state index contributed by atoms with van der Waals surface area (Å²) in [7, 11) is 0. The maximum absolute atomic E-state index is 13.4. The van der Waals surface area contributed by atoms with E-state index >= 15 is 0 Å². The lowest BCUT2D eigenvalue weighted by atomic mass is 9.84. The number of fused-ring (bicyclic) bond motifs is 1. The fraction of sp³-hybridized carbons (Fsp3) is 0.407. The lowest BCUT2D eigenvalue weighted by Gasteiger charge is -2.32. The van der Waals surface area contributed by atoms with Crippen molar-refractivity contribution < 1.29 is 9.59 Å². The SMILES string of the molecule is CCc1cccc2c(C(CC(=O)N3CCC(C(N)=O)CC3)c3ccc(C)cc3C)c[nH]c12. The Morgan fingerprint density at radius 2 is 1.88 bits per heavy atom. The molecule has 1 aliphatic rings. The standard InChI is InChI=1S/C27H33N3O2/c1-4-19-6-5-7-22-24(16-29-26(19)22)23(21-9-8-17(2)14-18(21)3)15-25(31)30-12-10-20(11-13-30)27(28)32/h5-9,14,16,20,23,29H,4,10-13,15H2,1-3H3,(H2,28,32). The zero-order valence-corrected chi connectivity index (χ0v) is 19.3. The van der Waals surface area contributed by atoms with Gasteiger partial charge >= 0.3 is 0 Å². The number of para-hydroxylation sites is 1. The van der Waals surface area contributed by atoms with Crippen LogP contribution >= 0.6 is 0 Å². The van der Waals surface area contributed by atoms with Crippen molar-refractivity contribution in [3.8, 4) is 0 Å². The second kappa shape index (κ2) is 9.19. The molecule has 5 nitrogen and oxygen atoms in total. The predicted octanol–water partition coefficient (Wildman–Crippen LogP) is 4.59. The third-order valence-electron chi connectivity index (χ3n) is 7.02. The number of piperidine rings is 1. The Kier molecular flexibility index (Phi) is 6.35. The van der Waals surface area contributed by atoms with Crippen LogP contribution in [0.2, 0.25) is 0 Å². The normalized spacial score (nSPS) is 15.8. The number of benzene rings is 2. The maximum Gasteiger partial charge on any atom is 0.223 e. The first kappa shape index (κ1) is 22.1. The number of aryl methyl sites for hydroxylation is 3. The molecule has 2 amide bonds. The first-order valence-corrected chi connectivity index (χ1v) is 11.6. The molecule has 0 bridgehead atoms. The lowest BCUT2D eigenvalue weighted by molar-refractivity contribution is -0.135. The minimum atomic E-state index is -0.254. The summed E-state index contributed by atoms with van der Waals surface area (Å²) in [5.41, 5.74) is 12.7. The molecule has 0 radical (unpaired) electrons. The number of likely N-dealkylation sites (tertiary alicyclic amines) is 1. The van der Waals surface area contributed by atoms with Gasteiger partial charge in [0, 0.05) is 48.4 Å². The summed E-state index contributed by atoms with van der Waals surface area (Å²) in [6, 6.07) is 12.9. The topological polar surface area (TPSA) is 79.2 Å². The van der Waals surface area contributed by atoms with Gasteiger partial charge in [-0.3, -0.25) is 9.59 Å². The molecular weight excluding hydrogens is 398 g/mol. The van der Waals surface area contributed by atoms with Gasteiger partial charge in [-0.25, -0.2) is 0 Å². The summed E-state index contributed by atoms with van der Waals surface area (Å²) in [6.45, 7) is 7.58. The predicted molar refractivity (Wildman–Crippen MR) is 129 cm³/mol. The maximum atomic E-state index is 13.4. The molecule has 2 aromatic carbocycles. The van der Waals surface area contributed by atoms with E-state index in [1.807, 2.05) is 4.90 Å². The average Bonchev–Trinajstić information content (AvgIpc) is 3.22. The molecule has 1 saturated heterocycles. The second-order valence-corrected chi connectivity index (χ2v) is 9.11. The van der Waals surface area contributed by atoms with Gasteiger partial charge < -0.3 is 15.6 Å². The van der Waals surface area contributed by atoms with Gasteiger partial charge in [0.1, 0.15) is 0 Å². The molecule has 1 fully saturated rings. The first-order valence-electron chi connectivity index (χ1n) is 11.6. The van der Waals surface area contributed by atoms with E-state index in [1.165, 1.54) is 33.2 Å². The number of nitrogens with one attached hydrogen (secondary N) is 1. The van der Waals surface area contributed by atoms with E-state index in [2.05, 4.69) is 68.4 Å². The summed E-state index contributed by atoms with van der Waals surface area (Å²) < 4.78 is 0.